The number of amides is 4. The van der Waals surface area contributed by atoms with E-state index < -0.39 is 47.9 Å². The van der Waals surface area contributed by atoms with Gasteiger partial charge in [-0.15, -0.1) is 0 Å². The molecular formula is C31H40N4O10. The number of fused-ring (bicyclic) bond motifs is 2. The molecule has 0 spiro atoms. The van der Waals surface area contributed by atoms with Crippen LogP contribution in [0.2, 0.25) is 0 Å². The van der Waals surface area contributed by atoms with E-state index in [4.69, 9.17) is 24.1 Å². The van der Waals surface area contributed by atoms with Gasteiger partial charge >= 0.3 is 0 Å². The summed E-state index contributed by atoms with van der Waals surface area (Å²) < 4.78 is 16.7. The third-order valence-corrected chi connectivity index (χ3v) is 7.43. The molecule has 2 heterocycles. The van der Waals surface area contributed by atoms with Crippen LogP contribution in [-0.4, -0.2) is 103 Å². The number of carbonyl (C=O) groups excluding carboxylic acids is 4. The lowest BCUT2D eigenvalue weighted by Gasteiger charge is -2.29. The van der Waals surface area contributed by atoms with Gasteiger partial charge in [0.25, 0.3) is 12.4 Å². The maximum absolute atomic E-state index is 13.7. The van der Waals surface area contributed by atoms with Crippen molar-refractivity contribution in [2.45, 2.75) is 51.4 Å². The normalized spacial score (nSPS) is 22.4. The number of nitrogens with one attached hydrogen (secondary N) is 3. The summed E-state index contributed by atoms with van der Waals surface area (Å²) in [4.78, 5) is 62.8. The second kappa shape index (κ2) is 15.7. The van der Waals surface area contributed by atoms with Crippen molar-refractivity contribution in [2.24, 2.45) is 5.92 Å². The second-order valence-corrected chi connectivity index (χ2v) is 10.8. The molecular weight excluding hydrogens is 588 g/mol. The predicted molar refractivity (Wildman–Crippen MR) is 162 cm³/mol. The van der Waals surface area contributed by atoms with E-state index in [1.54, 1.807) is 51.3 Å². The van der Waals surface area contributed by atoms with Crippen molar-refractivity contribution in [3.63, 3.8) is 0 Å². The molecule has 4 atom stereocenters. The molecule has 2 aliphatic heterocycles. The van der Waals surface area contributed by atoms with Gasteiger partial charge in [-0.3, -0.25) is 24.0 Å². The Balaban J connectivity index is 0.00000177. The van der Waals surface area contributed by atoms with Gasteiger partial charge in [0.15, 0.2) is 11.5 Å². The standard InChI is InChI=1S/C30H38N4O8.CH2O2/c1-16(2)26-29(38)32-17(3)30(39)34-15-20(35)14-22(34)28(37)31-10-11-42-23-8-6-18(12-21(23)27(36)33-26)19-7-9-24(40-4)25(13-19)41-5;2-1-3/h6-9,12-13,16-17,20,22,26,35H,10-11,14-15H2,1-5H3,(H,31,37)(H,32,38)(H,33,36);1H,(H,2,3)/t17-,20+,22+,26+;/m1./s1. The molecule has 5 N–H and O–H groups in total. The zero-order chi connectivity index (χ0) is 33.3. The average molecular weight is 629 g/mol. The topological polar surface area (TPSA) is 193 Å². The molecule has 4 amide bonds. The van der Waals surface area contributed by atoms with Gasteiger partial charge in [0.05, 0.1) is 32.4 Å². The minimum absolute atomic E-state index is 0.0201. The monoisotopic (exact) mass is 628 g/mol. The van der Waals surface area contributed by atoms with Crippen LogP contribution in [0.1, 0.15) is 37.6 Å². The molecule has 1 fully saturated rings. The van der Waals surface area contributed by atoms with E-state index in [0.717, 1.165) is 5.56 Å². The Morgan fingerprint density at radius 3 is 2.27 bits per heavy atom. The second-order valence-electron chi connectivity index (χ2n) is 10.8. The molecule has 2 aliphatic rings. The van der Waals surface area contributed by atoms with Crippen LogP contribution < -0.4 is 30.2 Å². The Morgan fingerprint density at radius 1 is 0.978 bits per heavy atom. The third kappa shape index (κ3) is 8.41. The molecule has 14 nitrogen and oxygen atoms in total. The lowest BCUT2D eigenvalue weighted by molar-refractivity contribution is -0.141. The molecule has 14 heteroatoms. The maximum Gasteiger partial charge on any atom is 0.290 e. The van der Waals surface area contributed by atoms with Crippen molar-refractivity contribution < 1.29 is 48.4 Å². The first-order valence-electron chi connectivity index (χ1n) is 14.4. The van der Waals surface area contributed by atoms with Crippen molar-refractivity contribution in [1.29, 1.82) is 0 Å². The van der Waals surface area contributed by atoms with E-state index in [1.807, 2.05) is 6.07 Å². The molecule has 4 rings (SSSR count). The summed E-state index contributed by atoms with van der Waals surface area (Å²) in [6.45, 7) is 4.95. The number of ether oxygens (including phenoxy) is 3. The molecule has 0 aliphatic carbocycles. The first-order chi connectivity index (χ1) is 21.4. The van der Waals surface area contributed by atoms with E-state index in [0.29, 0.717) is 17.1 Å². The molecule has 0 unspecified atom stereocenters. The largest absolute Gasteiger partial charge is 0.493 e. The zero-order valence-corrected chi connectivity index (χ0v) is 25.9. The van der Waals surface area contributed by atoms with Gasteiger partial charge < -0.3 is 45.3 Å². The smallest absolute Gasteiger partial charge is 0.290 e. The maximum atomic E-state index is 13.7. The third-order valence-electron chi connectivity index (χ3n) is 7.43. The average Bonchev–Trinajstić information content (AvgIpc) is 3.42. The van der Waals surface area contributed by atoms with E-state index >= 15 is 0 Å². The molecule has 2 aromatic rings. The number of nitrogens with zero attached hydrogens (tertiary/aromatic N) is 1. The van der Waals surface area contributed by atoms with Crippen LogP contribution in [-0.2, 0) is 19.2 Å². The predicted octanol–water partition coefficient (Wildman–Crippen LogP) is 0.801. The first kappa shape index (κ1) is 34.6. The fourth-order valence-corrected chi connectivity index (χ4v) is 5.16. The minimum Gasteiger partial charge on any atom is -0.493 e. The summed E-state index contributed by atoms with van der Waals surface area (Å²) in [5.41, 5.74) is 1.64. The first-order valence-corrected chi connectivity index (χ1v) is 14.4. The molecule has 244 valence electrons. The van der Waals surface area contributed by atoms with Crippen LogP contribution in [0.25, 0.3) is 11.1 Å². The summed E-state index contributed by atoms with van der Waals surface area (Å²) in [6, 6.07) is 7.66. The number of hydrogen-bond donors (Lipinski definition) is 5. The lowest BCUT2D eigenvalue weighted by atomic mass is 9.99. The van der Waals surface area contributed by atoms with E-state index in [1.165, 1.54) is 18.9 Å². The summed E-state index contributed by atoms with van der Waals surface area (Å²) in [6.07, 6.45) is -0.772. The van der Waals surface area contributed by atoms with Gasteiger partial charge in [-0.05, 0) is 48.2 Å². The number of benzene rings is 2. The van der Waals surface area contributed by atoms with Crippen LogP contribution in [0.4, 0.5) is 0 Å². The summed E-state index contributed by atoms with van der Waals surface area (Å²) >= 11 is 0. The molecule has 0 bridgehead atoms. The Labute approximate surface area is 261 Å². The Morgan fingerprint density at radius 2 is 1.62 bits per heavy atom. The number of aliphatic hydroxyl groups excluding tert-OH is 1. The quantitative estimate of drug-likeness (QED) is 0.303. The van der Waals surface area contributed by atoms with Crippen LogP contribution in [0.3, 0.4) is 0 Å². The fourth-order valence-electron chi connectivity index (χ4n) is 5.16. The number of methoxy groups -OCH3 is 2. The van der Waals surface area contributed by atoms with Gasteiger partial charge in [-0.1, -0.05) is 26.0 Å². The summed E-state index contributed by atoms with van der Waals surface area (Å²) in [5, 5.41) is 25.3. The minimum atomic E-state index is -0.989. The van der Waals surface area contributed by atoms with Gasteiger partial charge in [0.2, 0.25) is 17.7 Å². The lowest BCUT2D eigenvalue weighted by Crippen LogP contribution is -2.57. The van der Waals surface area contributed by atoms with Gasteiger partial charge in [-0.2, -0.15) is 0 Å². The van der Waals surface area contributed by atoms with E-state index in [9.17, 15) is 24.3 Å². The van der Waals surface area contributed by atoms with E-state index in [2.05, 4.69) is 16.0 Å². The highest BCUT2D eigenvalue weighted by molar-refractivity contribution is 6.01. The molecule has 0 saturated carbocycles. The van der Waals surface area contributed by atoms with Crippen molar-refractivity contribution in [2.75, 3.05) is 33.9 Å². The number of hydrogen-bond acceptors (Lipinski definition) is 9. The highest BCUT2D eigenvalue weighted by Crippen LogP contribution is 2.34. The fraction of sp³-hybridized carbons (Fsp3) is 0.452. The van der Waals surface area contributed by atoms with Gasteiger partial charge in [-0.25, -0.2) is 0 Å². The number of aliphatic hydroxyl groups is 1. The van der Waals surface area contributed by atoms with Crippen molar-refractivity contribution >= 4 is 30.1 Å². The SMILES string of the molecule is COc1ccc(-c2ccc3c(c2)C(=O)N[C@@H](C(C)C)C(=O)N[C@H](C)C(=O)N2C[C@@H](O)C[C@H]2C(=O)NCCO3)cc1OC.O=CO. The Hall–Kier alpha value is -4.85. The van der Waals surface area contributed by atoms with Crippen LogP contribution in [0, 0.1) is 5.92 Å². The van der Waals surface area contributed by atoms with E-state index in [-0.39, 0.29) is 49.8 Å². The number of carboxylic acid groups (broad SMARTS) is 1. The molecule has 2 aromatic carbocycles. The highest BCUT2D eigenvalue weighted by atomic mass is 16.5. The van der Waals surface area contributed by atoms with Crippen LogP contribution >= 0.6 is 0 Å². The number of rotatable bonds is 4. The van der Waals surface area contributed by atoms with Crippen molar-refractivity contribution in [3.8, 4) is 28.4 Å². The Kier molecular flexibility index (Phi) is 12.1. The summed E-state index contributed by atoms with van der Waals surface area (Å²) in [5.74, 6) is -0.999. The Bertz CT molecular complexity index is 1400. The van der Waals surface area contributed by atoms with Crippen molar-refractivity contribution in [1.82, 2.24) is 20.9 Å². The molecule has 1 saturated heterocycles. The molecule has 0 radical (unpaired) electrons. The number of carbonyl (C=O) groups is 5. The van der Waals surface area contributed by atoms with Gasteiger partial charge in [0.1, 0.15) is 30.5 Å². The molecule has 45 heavy (non-hydrogen) atoms. The van der Waals surface area contributed by atoms with Crippen LogP contribution in [0.15, 0.2) is 36.4 Å². The van der Waals surface area contributed by atoms with Crippen LogP contribution in [0.5, 0.6) is 17.2 Å². The summed E-state index contributed by atoms with van der Waals surface area (Å²) in [7, 11) is 3.08. The molecule has 0 aromatic heterocycles. The highest BCUT2D eigenvalue weighted by Gasteiger charge is 2.41. The van der Waals surface area contributed by atoms with Gasteiger partial charge in [0, 0.05) is 13.0 Å². The zero-order valence-electron chi connectivity index (χ0n) is 25.9. The van der Waals surface area contributed by atoms with Crippen molar-refractivity contribution in [3.05, 3.63) is 42.0 Å².